The van der Waals surface area contributed by atoms with Crippen LogP contribution in [0.25, 0.3) is 10.8 Å². The molecule has 1 saturated heterocycles. The summed E-state index contributed by atoms with van der Waals surface area (Å²) in [5, 5.41) is 21.6. The van der Waals surface area contributed by atoms with Crippen LogP contribution in [0.4, 0.5) is 11.6 Å². The van der Waals surface area contributed by atoms with Crippen LogP contribution in [-0.2, 0) is 6.42 Å². The molecule has 0 spiro atoms. The van der Waals surface area contributed by atoms with Crippen LogP contribution in [0.2, 0.25) is 0 Å². The quantitative estimate of drug-likeness (QED) is 0.615. The Balaban J connectivity index is 1.55. The van der Waals surface area contributed by atoms with E-state index in [4.69, 9.17) is 0 Å². The van der Waals surface area contributed by atoms with Crippen molar-refractivity contribution in [2.75, 3.05) is 30.3 Å². The van der Waals surface area contributed by atoms with Gasteiger partial charge in [0.25, 0.3) is 0 Å². The van der Waals surface area contributed by atoms with Crippen LogP contribution >= 0.6 is 0 Å². The van der Waals surface area contributed by atoms with E-state index in [0.717, 1.165) is 54.9 Å². The highest BCUT2D eigenvalue weighted by Crippen LogP contribution is 2.25. The smallest absolute Gasteiger partial charge is 0.143 e. The van der Waals surface area contributed by atoms with Crippen molar-refractivity contribution in [3.63, 3.8) is 0 Å². The molecule has 1 fully saturated rings. The zero-order chi connectivity index (χ0) is 19.2. The number of nitriles is 1. The maximum absolute atomic E-state index is 9.32. The van der Waals surface area contributed by atoms with Crippen LogP contribution in [0.15, 0.2) is 48.7 Å². The van der Waals surface area contributed by atoms with Gasteiger partial charge in [-0.25, -0.2) is 9.97 Å². The summed E-state index contributed by atoms with van der Waals surface area (Å²) in [5.74, 6) is 1.58. The molecule has 1 unspecified atom stereocenters. The number of hydrogen-bond acceptors (Lipinski definition) is 6. The fraction of sp³-hybridized carbons (Fsp3) is 0.318. The summed E-state index contributed by atoms with van der Waals surface area (Å²) >= 11 is 0. The lowest BCUT2D eigenvalue weighted by atomic mass is 10.1. The van der Waals surface area contributed by atoms with Gasteiger partial charge in [0.05, 0.1) is 0 Å². The lowest BCUT2D eigenvalue weighted by molar-refractivity contribution is 0.479. The van der Waals surface area contributed by atoms with E-state index < -0.39 is 0 Å². The molecular formula is C22H24N6. The van der Waals surface area contributed by atoms with Gasteiger partial charge in [-0.2, -0.15) is 5.26 Å². The maximum Gasteiger partial charge on any atom is 0.143 e. The third-order valence-corrected chi connectivity index (χ3v) is 5.03. The van der Waals surface area contributed by atoms with Crippen molar-refractivity contribution in [3.8, 4) is 6.07 Å². The summed E-state index contributed by atoms with van der Waals surface area (Å²) in [6, 6.07) is 16.7. The molecule has 2 aromatic heterocycles. The molecule has 142 valence electrons. The minimum atomic E-state index is 0.388. The third kappa shape index (κ3) is 4.38. The van der Waals surface area contributed by atoms with Gasteiger partial charge in [-0.05, 0) is 43.5 Å². The van der Waals surface area contributed by atoms with Gasteiger partial charge >= 0.3 is 0 Å². The van der Waals surface area contributed by atoms with Crippen molar-refractivity contribution < 1.29 is 0 Å². The fourth-order valence-electron chi connectivity index (χ4n) is 3.57. The van der Waals surface area contributed by atoms with Crippen molar-refractivity contribution in [1.29, 1.82) is 5.26 Å². The second-order valence-corrected chi connectivity index (χ2v) is 7.11. The molecule has 28 heavy (non-hydrogen) atoms. The Kier molecular flexibility index (Phi) is 5.64. The molecule has 3 aromatic rings. The molecule has 6 heteroatoms. The molecule has 1 aromatic carbocycles. The monoisotopic (exact) mass is 372 g/mol. The van der Waals surface area contributed by atoms with Crippen molar-refractivity contribution in [2.24, 2.45) is 0 Å². The molecule has 6 nitrogen and oxygen atoms in total. The van der Waals surface area contributed by atoms with Crippen LogP contribution in [0, 0.1) is 11.3 Å². The average Bonchev–Trinajstić information content (AvgIpc) is 2.75. The molecule has 0 aliphatic carbocycles. The van der Waals surface area contributed by atoms with E-state index >= 15 is 0 Å². The van der Waals surface area contributed by atoms with Gasteiger partial charge in [-0.3, -0.25) is 0 Å². The summed E-state index contributed by atoms with van der Waals surface area (Å²) in [7, 11) is 0. The Morgan fingerprint density at radius 2 is 2.11 bits per heavy atom. The standard InChI is InChI=1S/C22H24N6/c23-13-19-11-17-14-26-21(27-18-7-4-9-24-15-18)12-20(17)22(28-19)25-10-8-16-5-2-1-3-6-16/h1-3,5-6,11-12,14,18,24H,4,7-10,15H2,(H,25,28)(H,26,27). The van der Waals surface area contributed by atoms with Crippen molar-refractivity contribution in [2.45, 2.75) is 25.3 Å². The van der Waals surface area contributed by atoms with Crippen molar-refractivity contribution in [3.05, 3.63) is 59.9 Å². The van der Waals surface area contributed by atoms with Gasteiger partial charge in [0, 0.05) is 36.1 Å². The first-order chi connectivity index (χ1) is 13.8. The second kappa shape index (κ2) is 8.68. The molecule has 0 bridgehead atoms. The normalized spacial score (nSPS) is 16.5. The molecule has 0 radical (unpaired) electrons. The summed E-state index contributed by atoms with van der Waals surface area (Å²) < 4.78 is 0. The molecule has 3 N–H and O–H groups in total. The van der Waals surface area contributed by atoms with E-state index in [1.165, 1.54) is 12.0 Å². The molecular weight excluding hydrogens is 348 g/mol. The number of rotatable bonds is 6. The molecule has 3 heterocycles. The highest BCUT2D eigenvalue weighted by atomic mass is 15.1. The van der Waals surface area contributed by atoms with Crippen LogP contribution in [0.3, 0.4) is 0 Å². The minimum absolute atomic E-state index is 0.388. The van der Waals surface area contributed by atoms with E-state index in [9.17, 15) is 5.26 Å². The predicted octanol–water partition coefficient (Wildman–Crippen LogP) is 3.32. The first-order valence-corrected chi connectivity index (χ1v) is 9.78. The Morgan fingerprint density at radius 3 is 2.89 bits per heavy atom. The first-order valence-electron chi connectivity index (χ1n) is 9.78. The van der Waals surface area contributed by atoms with Crippen molar-refractivity contribution in [1.82, 2.24) is 15.3 Å². The minimum Gasteiger partial charge on any atom is -0.369 e. The van der Waals surface area contributed by atoms with Crippen LogP contribution in [-0.4, -0.2) is 35.6 Å². The lowest BCUT2D eigenvalue weighted by Crippen LogP contribution is -2.38. The molecule has 1 aliphatic rings. The highest BCUT2D eigenvalue weighted by molar-refractivity contribution is 5.93. The first kappa shape index (κ1) is 18.2. The van der Waals surface area contributed by atoms with Gasteiger partial charge in [-0.1, -0.05) is 30.3 Å². The number of aromatic nitrogens is 2. The summed E-state index contributed by atoms with van der Waals surface area (Å²) in [6.07, 6.45) is 5.02. The van der Waals surface area contributed by atoms with Gasteiger partial charge in [0.2, 0.25) is 0 Å². The Hall–Kier alpha value is -3.17. The fourth-order valence-corrected chi connectivity index (χ4v) is 3.57. The van der Waals surface area contributed by atoms with Gasteiger partial charge in [0.15, 0.2) is 0 Å². The zero-order valence-electron chi connectivity index (χ0n) is 15.8. The van der Waals surface area contributed by atoms with Gasteiger partial charge in [-0.15, -0.1) is 0 Å². The third-order valence-electron chi connectivity index (χ3n) is 5.03. The summed E-state index contributed by atoms with van der Waals surface area (Å²) in [4.78, 5) is 9.04. The topological polar surface area (TPSA) is 85.7 Å². The zero-order valence-corrected chi connectivity index (χ0v) is 15.8. The number of hydrogen-bond donors (Lipinski definition) is 3. The van der Waals surface area contributed by atoms with E-state index in [2.05, 4.69) is 44.1 Å². The van der Waals surface area contributed by atoms with Crippen molar-refractivity contribution >= 4 is 22.4 Å². The second-order valence-electron chi connectivity index (χ2n) is 7.11. The molecule has 4 rings (SSSR count). The predicted molar refractivity (Wildman–Crippen MR) is 112 cm³/mol. The number of nitrogens with one attached hydrogen (secondary N) is 3. The number of pyridine rings is 2. The summed E-state index contributed by atoms with van der Waals surface area (Å²) in [6.45, 7) is 2.78. The van der Waals surface area contributed by atoms with E-state index in [1.807, 2.05) is 30.5 Å². The number of nitrogens with zero attached hydrogens (tertiary/aromatic N) is 3. The van der Waals surface area contributed by atoms with Gasteiger partial charge < -0.3 is 16.0 Å². The number of piperidine rings is 1. The highest BCUT2D eigenvalue weighted by Gasteiger charge is 2.14. The average molecular weight is 372 g/mol. The lowest BCUT2D eigenvalue weighted by Gasteiger charge is -2.24. The van der Waals surface area contributed by atoms with Crippen LogP contribution < -0.4 is 16.0 Å². The molecule has 1 aliphatic heterocycles. The SMILES string of the molecule is N#Cc1cc2cnc(NC3CCCNC3)cc2c(NCCc2ccccc2)n1. The van der Waals surface area contributed by atoms with E-state index in [1.54, 1.807) is 6.07 Å². The number of benzene rings is 1. The largest absolute Gasteiger partial charge is 0.369 e. The summed E-state index contributed by atoms with van der Waals surface area (Å²) in [5.41, 5.74) is 1.67. The van der Waals surface area contributed by atoms with E-state index in [-0.39, 0.29) is 0 Å². The Bertz CT molecular complexity index is 973. The maximum atomic E-state index is 9.32. The number of anilines is 2. The number of fused-ring (bicyclic) bond motifs is 1. The van der Waals surface area contributed by atoms with E-state index in [0.29, 0.717) is 11.7 Å². The van der Waals surface area contributed by atoms with Crippen LogP contribution in [0.5, 0.6) is 0 Å². The Labute approximate surface area is 165 Å². The molecule has 1 atom stereocenters. The van der Waals surface area contributed by atoms with Gasteiger partial charge in [0.1, 0.15) is 23.4 Å². The molecule has 0 saturated carbocycles. The van der Waals surface area contributed by atoms with Crippen LogP contribution in [0.1, 0.15) is 24.1 Å². The molecule has 0 amide bonds. The Morgan fingerprint density at radius 1 is 1.21 bits per heavy atom.